The fourth-order valence-corrected chi connectivity index (χ4v) is 7.50. The Bertz CT molecular complexity index is 1390. The van der Waals surface area contributed by atoms with E-state index in [4.69, 9.17) is 29.7 Å². The number of rotatable bonds is 7. The summed E-state index contributed by atoms with van der Waals surface area (Å²) < 4.78 is 18.5. The zero-order valence-electron chi connectivity index (χ0n) is 22.7. The first-order chi connectivity index (χ1) is 18.9. The molecule has 0 unspecified atom stereocenters. The topological polar surface area (TPSA) is 135 Å². The average Bonchev–Trinajstić information content (AvgIpc) is 3.71. The summed E-state index contributed by atoms with van der Waals surface area (Å²) in [7, 11) is 2.14. The summed E-state index contributed by atoms with van der Waals surface area (Å²) in [6.07, 6.45) is 5.90. The lowest BCUT2D eigenvalue weighted by molar-refractivity contribution is 0.116. The smallest absolute Gasteiger partial charge is 0.237 e. The van der Waals surface area contributed by atoms with Crippen molar-refractivity contribution in [1.82, 2.24) is 25.3 Å². The Morgan fingerprint density at radius 2 is 2.18 bits per heavy atom. The Kier molecular flexibility index (Phi) is 6.95. The highest BCUT2D eigenvalue weighted by atomic mass is 32.1. The Labute approximate surface area is 232 Å². The minimum Gasteiger partial charge on any atom is -0.489 e. The molecule has 0 aromatic carbocycles. The summed E-state index contributed by atoms with van der Waals surface area (Å²) >= 11 is 1.49. The van der Waals surface area contributed by atoms with Gasteiger partial charge in [-0.25, -0.2) is 4.98 Å². The molecular weight excluding hydrogens is 514 g/mol. The highest BCUT2D eigenvalue weighted by molar-refractivity contribution is 7.16. The van der Waals surface area contributed by atoms with E-state index in [1.807, 2.05) is 12.1 Å². The van der Waals surface area contributed by atoms with Gasteiger partial charge in [0.25, 0.3) is 0 Å². The number of hydrogen-bond donors (Lipinski definition) is 2. The zero-order chi connectivity index (χ0) is 27.1. The Balaban J connectivity index is 1.34. The number of fused-ring (bicyclic) bond motifs is 1. The molecule has 3 aliphatic rings. The van der Waals surface area contributed by atoms with Crippen molar-refractivity contribution in [1.29, 1.82) is 5.26 Å². The molecule has 2 aliphatic heterocycles. The maximum atomic E-state index is 9.84. The van der Waals surface area contributed by atoms with Crippen molar-refractivity contribution in [2.24, 2.45) is 0 Å². The summed E-state index contributed by atoms with van der Waals surface area (Å²) in [4.78, 5) is 13.1. The minimum absolute atomic E-state index is 0.0323. The highest BCUT2D eigenvalue weighted by Gasteiger charge is 2.43. The lowest BCUT2D eigenvalue weighted by Crippen LogP contribution is -2.38. The molecule has 2 saturated heterocycles. The van der Waals surface area contributed by atoms with Gasteiger partial charge in [-0.2, -0.15) is 10.2 Å². The third-order valence-electron chi connectivity index (χ3n) is 8.40. The third-order valence-corrected chi connectivity index (χ3v) is 9.48. The van der Waals surface area contributed by atoms with E-state index in [1.54, 1.807) is 0 Å². The number of ether oxygens (including phenoxy) is 2. The molecule has 3 aromatic rings. The molecule has 0 spiro atoms. The van der Waals surface area contributed by atoms with Gasteiger partial charge in [-0.1, -0.05) is 5.16 Å². The fraction of sp³-hybridized carbons (Fsp3) is 0.571. The average molecular weight is 550 g/mol. The molecule has 0 saturated carbocycles. The molecule has 0 radical (unpaired) electrons. The van der Waals surface area contributed by atoms with Crippen molar-refractivity contribution in [3.8, 4) is 29.2 Å². The molecule has 2 fully saturated rings. The zero-order valence-corrected chi connectivity index (χ0v) is 23.5. The van der Waals surface area contributed by atoms with Crippen LogP contribution in [0.3, 0.4) is 0 Å². The molecule has 0 amide bonds. The number of likely N-dealkylation sites (N-methyl/N-ethyl adjacent to an activating group) is 1. The highest BCUT2D eigenvalue weighted by Crippen LogP contribution is 2.48. The van der Waals surface area contributed by atoms with Gasteiger partial charge >= 0.3 is 0 Å². The van der Waals surface area contributed by atoms with Crippen LogP contribution >= 0.6 is 11.3 Å². The van der Waals surface area contributed by atoms with Gasteiger partial charge in [0.15, 0.2) is 0 Å². The maximum absolute atomic E-state index is 9.84. The van der Waals surface area contributed by atoms with E-state index in [-0.39, 0.29) is 12.2 Å². The van der Waals surface area contributed by atoms with Gasteiger partial charge < -0.3 is 25.0 Å². The number of nitriles is 1. The molecule has 4 atom stereocenters. The molecule has 39 heavy (non-hydrogen) atoms. The summed E-state index contributed by atoms with van der Waals surface area (Å²) in [6.45, 7) is 6.96. The number of nitrogen functional groups attached to an aromatic ring is 1. The van der Waals surface area contributed by atoms with Crippen LogP contribution in [-0.2, 0) is 11.8 Å². The van der Waals surface area contributed by atoms with Crippen LogP contribution in [0.5, 0.6) is 11.6 Å². The number of hydrogen-bond acceptors (Lipinski definition) is 11. The quantitative estimate of drug-likeness (QED) is 0.447. The van der Waals surface area contributed by atoms with Gasteiger partial charge in [0.1, 0.15) is 34.7 Å². The lowest BCUT2D eigenvalue weighted by atomic mass is 9.72. The molecule has 10 nitrogen and oxygen atoms in total. The molecule has 3 aromatic heterocycles. The normalized spacial score (nSPS) is 25.8. The largest absolute Gasteiger partial charge is 0.489 e. The Morgan fingerprint density at radius 3 is 2.92 bits per heavy atom. The second-order valence-corrected chi connectivity index (χ2v) is 12.3. The van der Waals surface area contributed by atoms with E-state index in [0.29, 0.717) is 45.6 Å². The molecule has 3 N–H and O–H groups in total. The van der Waals surface area contributed by atoms with Crippen LogP contribution in [0.4, 0.5) is 5.00 Å². The fourth-order valence-electron chi connectivity index (χ4n) is 6.30. The van der Waals surface area contributed by atoms with E-state index in [9.17, 15) is 5.26 Å². The summed E-state index contributed by atoms with van der Waals surface area (Å²) in [5.41, 5.74) is 7.59. The maximum Gasteiger partial charge on any atom is 0.237 e. The van der Waals surface area contributed by atoms with Crippen molar-refractivity contribution < 1.29 is 14.0 Å². The molecule has 11 heteroatoms. The molecule has 5 heterocycles. The third kappa shape index (κ3) is 4.86. The van der Waals surface area contributed by atoms with Crippen LogP contribution < -0.4 is 20.5 Å². The van der Waals surface area contributed by atoms with Gasteiger partial charge in [0, 0.05) is 35.2 Å². The Hall–Kier alpha value is -3.20. The molecule has 1 aliphatic carbocycles. The minimum atomic E-state index is -0.595. The van der Waals surface area contributed by atoms with E-state index in [2.05, 4.69) is 42.3 Å². The van der Waals surface area contributed by atoms with E-state index in [1.165, 1.54) is 17.8 Å². The standard InChI is InChI=1S/C28H35N7O3S/c1-16(21-6-5-11-35(21)3)36-23-13-18(37-17-8-10-31-15-17)12-20(32-23)26-33-27(38-34-26)28(2)9-4-7-22-24(28)19(14-29)25(30)39-22/h12-13,16-17,21,31H,4-11,15,30H2,1-3H3/t16-,17+,21-,28-/m0/s1. The Morgan fingerprint density at radius 1 is 1.31 bits per heavy atom. The second kappa shape index (κ2) is 10.4. The first-order valence-electron chi connectivity index (χ1n) is 13.8. The van der Waals surface area contributed by atoms with Gasteiger partial charge in [-0.05, 0) is 72.5 Å². The van der Waals surface area contributed by atoms with Crippen molar-refractivity contribution in [2.45, 2.75) is 76.0 Å². The predicted octanol–water partition coefficient (Wildman–Crippen LogP) is 3.89. The molecule has 206 valence electrons. The number of pyridine rings is 1. The van der Waals surface area contributed by atoms with Crippen LogP contribution in [0.25, 0.3) is 11.5 Å². The van der Waals surface area contributed by atoms with Crippen LogP contribution in [0.1, 0.15) is 67.8 Å². The number of anilines is 1. The molecule has 0 bridgehead atoms. The molecule has 6 rings (SSSR count). The number of thiophene rings is 1. The van der Waals surface area contributed by atoms with Gasteiger partial charge in [0.2, 0.25) is 17.6 Å². The summed E-state index contributed by atoms with van der Waals surface area (Å²) in [6, 6.07) is 6.35. The van der Waals surface area contributed by atoms with Gasteiger partial charge in [-0.15, -0.1) is 11.3 Å². The summed E-state index contributed by atoms with van der Waals surface area (Å²) in [5.74, 6) is 1.98. The predicted molar refractivity (Wildman–Crippen MR) is 148 cm³/mol. The number of nitrogens with one attached hydrogen (secondary N) is 1. The number of likely N-dealkylation sites (tertiary alicyclic amines) is 1. The summed E-state index contributed by atoms with van der Waals surface area (Å²) in [5, 5.41) is 18.1. The van der Waals surface area contributed by atoms with Crippen LogP contribution in [0.15, 0.2) is 16.7 Å². The first kappa shape index (κ1) is 26.0. The number of nitrogens with two attached hydrogens (primary N) is 1. The first-order valence-corrected chi connectivity index (χ1v) is 14.6. The van der Waals surface area contributed by atoms with Crippen LogP contribution in [0.2, 0.25) is 0 Å². The van der Waals surface area contributed by atoms with Gasteiger partial charge in [-0.3, -0.25) is 4.90 Å². The molecular formula is C28H35N7O3S. The van der Waals surface area contributed by atoms with Gasteiger partial charge in [0.05, 0.1) is 11.0 Å². The second-order valence-electron chi connectivity index (χ2n) is 11.1. The monoisotopic (exact) mass is 549 g/mol. The SMILES string of the molecule is C[C@H](Oc1cc(O[C@@H]2CCNC2)cc(-c2noc([C@@]3(C)CCCc4sc(N)c(C#N)c43)n2)n1)[C@@H]1CCCN1C. The van der Waals surface area contributed by atoms with Crippen LogP contribution in [0, 0.1) is 11.3 Å². The lowest BCUT2D eigenvalue weighted by Gasteiger charge is -2.30. The van der Waals surface area contributed by atoms with Crippen molar-refractivity contribution in [2.75, 3.05) is 32.4 Å². The van der Waals surface area contributed by atoms with Crippen LogP contribution in [-0.4, -0.2) is 65.0 Å². The number of aromatic nitrogens is 3. The van der Waals surface area contributed by atoms with E-state index in [0.717, 1.165) is 62.2 Å². The van der Waals surface area contributed by atoms with E-state index >= 15 is 0 Å². The van der Waals surface area contributed by atoms with Crippen molar-refractivity contribution in [3.63, 3.8) is 0 Å². The number of aryl methyl sites for hydroxylation is 1. The number of nitrogens with zero attached hydrogens (tertiary/aromatic N) is 5. The van der Waals surface area contributed by atoms with E-state index < -0.39 is 5.41 Å². The van der Waals surface area contributed by atoms with Crippen molar-refractivity contribution >= 4 is 16.3 Å². The van der Waals surface area contributed by atoms with Crippen molar-refractivity contribution in [3.05, 3.63) is 34.0 Å².